The quantitative estimate of drug-likeness (QED) is 0.269. The molecule has 13 heteroatoms. The molecule has 2 fully saturated rings. The van der Waals surface area contributed by atoms with Gasteiger partial charge in [0.2, 0.25) is 21.8 Å². The molecule has 232 valence electrons. The van der Waals surface area contributed by atoms with Gasteiger partial charge in [0, 0.05) is 32.4 Å². The number of aromatic nitrogens is 2. The molecule has 1 atom stereocenters. The molecule has 0 radical (unpaired) electrons. The van der Waals surface area contributed by atoms with Gasteiger partial charge in [-0.3, -0.25) is 9.59 Å². The van der Waals surface area contributed by atoms with Gasteiger partial charge in [-0.2, -0.15) is 4.31 Å². The molecule has 0 spiro atoms. The predicted octanol–water partition coefficient (Wildman–Crippen LogP) is 4.89. The van der Waals surface area contributed by atoms with Gasteiger partial charge in [0.05, 0.1) is 24.3 Å². The third-order valence-corrected chi connectivity index (χ3v) is 11.1. The number of thiazole rings is 1. The van der Waals surface area contributed by atoms with Crippen LogP contribution in [-0.4, -0.2) is 73.1 Å². The SMILES string of the molecule is COc1ccc2nc(NC(=O)C(CC3CCCC3)c3ccc(S(=O)(=O)N(CCC(=O)O)CC4CCOCC4)cc3)sc2n1. The van der Waals surface area contributed by atoms with Gasteiger partial charge in [0.15, 0.2) is 5.13 Å². The molecule has 0 bridgehead atoms. The van der Waals surface area contributed by atoms with Gasteiger partial charge in [0.1, 0.15) is 10.3 Å². The first-order valence-corrected chi connectivity index (χ1v) is 17.0. The van der Waals surface area contributed by atoms with E-state index >= 15 is 0 Å². The summed E-state index contributed by atoms with van der Waals surface area (Å²) < 4.78 is 39.3. The van der Waals surface area contributed by atoms with Crippen LogP contribution in [0, 0.1) is 11.8 Å². The third kappa shape index (κ3) is 7.88. The van der Waals surface area contributed by atoms with Crippen molar-refractivity contribution in [2.45, 2.75) is 62.2 Å². The molecular weight excluding hydrogens is 592 g/mol. The molecule has 1 aliphatic carbocycles. The summed E-state index contributed by atoms with van der Waals surface area (Å²) in [5.74, 6) is -0.749. The van der Waals surface area contributed by atoms with E-state index in [1.54, 1.807) is 31.4 Å². The maximum atomic E-state index is 13.7. The van der Waals surface area contributed by atoms with Crippen molar-refractivity contribution in [3.05, 3.63) is 42.0 Å². The summed E-state index contributed by atoms with van der Waals surface area (Å²) >= 11 is 1.27. The molecule has 43 heavy (non-hydrogen) atoms. The number of nitrogens with zero attached hydrogens (tertiary/aromatic N) is 3. The molecule has 3 heterocycles. The lowest BCUT2D eigenvalue weighted by atomic mass is 9.87. The first-order chi connectivity index (χ1) is 20.7. The number of nitrogens with one attached hydrogen (secondary N) is 1. The number of anilines is 1. The maximum absolute atomic E-state index is 13.7. The average molecular weight is 631 g/mol. The first kappa shape index (κ1) is 31.3. The van der Waals surface area contributed by atoms with Crippen LogP contribution in [0.15, 0.2) is 41.3 Å². The number of hydrogen-bond donors (Lipinski definition) is 2. The van der Waals surface area contributed by atoms with Crippen LogP contribution in [0.3, 0.4) is 0 Å². The molecule has 1 saturated carbocycles. The first-order valence-electron chi connectivity index (χ1n) is 14.7. The number of hydrogen-bond acceptors (Lipinski definition) is 9. The number of methoxy groups -OCH3 is 1. The second kappa shape index (κ2) is 14.1. The second-order valence-electron chi connectivity index (χ2n) is 11.3. The summed E-state index contributed by atoms with van der Waals surface area (Å²) in [5, 5.41) is 12.7. The lowest BCUT2D eigenvalue weighted by molar-refractivity contribution is -0.137. The van der Waals surface area contributed by atoms with Gasteiger partial charge in [-0.05, 0) is 54.9 Å². The standard InChI is InChI=1S/C30H38N4O7S2/c1-40-26-11-10-25-29(32-26)42-30(31-25)33-28(37)24(18-20-4-2-3-5-20)22-6-8-23(9-7-22)43(38,39)34(15-12-27(35)36)19-21-13-16-41-17-14-21/h6-11,20-21,24H,2-5,12-19H2,1H3,(H,35,36)(H,31,33,37). The summed E-state index contributed by atoms with van der Waals surface area (Å²) in [6.07, 6.45) is 6.24. The highest BCUT2D eigenvalue weighted by Crippen LogP contribution is 2.36. The Labute approximate surface area is 255 Å². The molecule has 1 aromatic carbocycles. The van der Waals surface area contributed by atoms with Crippen molar-refractivity contribution in [1.29, 1.82) is 0 Å². The fourth-order valence-electron chi connectivity index (χ4n) is 5.90. The van der Waals surface area contributed by atoms with Crippen molar-refractivity contribution in [1.82, 2.24) is 14.3 Å². The summed E-state index contributed by atoms with van der Waals surface area (Å²) in [5.41, 5.74) is 1.39. The van der Waals surface area contributed by atoms with E-state index < -0.39 is 21.9 Å². The molecule has 2 aromatic heterocycles. The number of carbonyl (C=O) groups is 2. The number of fused-ring (bicyclic) bond motifs is 1. The average Bonchev–Trinajstić information content (AvgIpc) is 3.67. The molecule has 3 aromatic rings. The van der Waals surface area contributed by atoms with Crippen LogP contribution in [0.1, 0.15) is 62.8 Å². The Morgan fingerprint density at radius 2 is 1.79 bits per heavy atom. The number of benzene rings is 1. The van der Waals surface area contributed by atoms with E-state index in [2.05, 4.69) is 15.3 Å². The van der Waals surface area contributed by atoms with Crippen molar-refractivity contribution >= 4 is 48.7 Å². The summed E-state index contributed by atoms with van der Waals surface area (Å²) in [6, 6.07) is 10.0. The van der Waals surface area contributed by atoms with E-state index in [1.165, 1.54) is 27.8 Å². The van der Waals surface area contributed by atoms with Gasteiger partial charge >= 0.3 is 5.97 Å². The molecule has 2 N–H and O–H groups in total. The minimum absolute atomic E-state index is 0.0833. The number of pyridine rings is 1. The lowest BCUT2D eigenvalue weighted by Crippen LogP contribution is -2.38. The zero-order chi connectivity index (χ0) is 30.4. The summed E-state index contributed by atoms with van der Waals surface area (Å²) in [4.78, 5) is 34.6. The fourth-order valence-corrected chi connectivity index (χ4v) is 8.25. The number of carbonyl (C=O) groups excluding carboxylic acids is 1. The fraction of sp³-hybridized carbons (Fsp3) is 0.533. The van der Waals surface area contributed by atoms with Crippen LogP contribution >= 0.6 is 11.3 Å². The minimum Gasteiger partial charge on any atom is -0.481 e. The Hall–Kier alpha value is -3.13. The van der Waals surface area contributed by atoms with Gasteiger partial charge in [-0.15, -0.1) is 0 Å². The molecule has 1 aliphatic heterocycles. The number of ether oxygens (including phenoxy) is 2. The topological polar surface area (TPSA) is 148 Å². The third-order valence-electron chi connectivity index (χ3n) is 8.33. The molecule has 1 unspecified atom stereocenters. The van der Waals surface area contributed by atoms with Crippen molar-refractivity contribution in [3.8, 4) is 5.88 Å². The molecule has 1 amide bonds. The van der Waals surface area contributed by atoms with E-state index in [-0.39, 0.29) is 36.2 Å². The molecular formula is C30H38N4O7S2. The zero-order valence-corrected chi connectivity index (χ0v) is 25.9. The van der Waals surface area contributed by atoms with Crippen molar-refractivity contribution in [2.24, 2.45) is 11.8 Å². The smallest absolute Gasteiger partial charge is 0.304 e. The summed E-state index contributed by atoms with van der Waals surface area (Å²) in [7, 11) is -2.40. The van der Waals surface area contributed by atoms with E-state index in [4.69, 9.17) is 9.47 Å². The molecule has 5 rings (SSSR count). The molecule has 11 nitrogen and oxygen atoms in total. The van der Waals surface area contributed by atoms with Gasteiger partial charge < -0.3 is 19.9 Å². The van der Waals surface area contributed by atoms with E-state index in [1.807, 2.05) is 0 Å². The number of aliphatic carboxylic acids is 1. The molecule has 2 aliphatic rings. The Morgan fingerprint density at radius 3 is 2.47 bits per heavy atom. The predicted molar refractivity (Wildman–Crippen MR) is 163 cm³/mol. The van der Waals surface area contributed by atoms with Crippen LogP contribution in [-0.2, 0) is 24.3 Å². The Morgan fingerprint density at radius 1 is 1.07 bits per heavy atom. The largest absolute Gasteiger partial charge is 0.481 e. The van der Waals surface area contributed by atoms with E-state index in [0.717, 1.165) is 44.1 Å². The van der Waals surface area contributed by atoms with Crippen molar-refractivity contribution in [2.75, 3.05) is 38.7 Å². The zero-order valence-electron chi connectivity index (χ0n) is 24.2. The number of amides is 1. The Bertz CT molecular complexity index is 1510. The number of carboxylic acids is 1. The van der Waals surface area contributed by atoms with E-state index in [9.17, 15) is 23.1 Å². The second-order valence-corrected chi connectivity index (χ2v) is 14.2. The molecule has 1 saturated heterocycles. The highest BCUT2D eigenvalue weighted by molar-refractivity contribution is 7.89. The van der Waals surface area contributed by atoms with Crippen molar-refractivity contribution in [3.63, 3.8) is 0 Å². The monoisotopic (exact) mass is 630 g/mol. The van der Waals surface area contributed by atoms with Crippen LogP contribution < -0.4 is 10.1 Å². The highest BCUT2D eigenvalue weighted by atomic mass is 32.2. The summed E-state index contributed by atoms with van der Waals surface area (Å²) in [6.45, 7) is 1.28. The lowest BCUT2D eigenvalue weighted by Gasteiger charge is -2.29. The van der Waals surface area contributed by atoms with Crippen molar-refractivity contribution < 1.29 is 32.6 Å². The minimum atomic E-state index is -3.95. The van der Waals surface area contributed by atoms with Crippen LogP contribution in [0.5, 0.6) is 5.88 Å². The van der Waals surface area contributed by atoms with Crippen LogP contribution in [0.2, 0.25) is 0 Å². The number of rotatable bonds is 13. The van der Waals surface area contributed by atoms with Gasteiger partial charge in [0.25, 0.3) is 0 Å². The number of carboxylic acid groups (broad SMARTS) is 1. The van der Waals surface area contributed by atoms with Crippen LogP contribution in [0.4, 0.5) is 5.13 Å². The number of sulfonamides is 1. The Balaban J connectivity index is 1.36. The van der Waals surface area contributed by atoms with E-state index in [0.29, 0.717) is 46.9 Å². The highest BCUT2D eigenvalue weighted by Gasteiger charge is 2.31. The Kier molecular flexibility index (Phi) is 10.3. The van der Waals surface area contributed by atoms with Gasteiger partial charge in [-0.1, -0.05) is 49.2 Å². The van der Waals surface area contributed by atoms with Gasteiger partial charge in [-0.25, -0.2) is 18.4 Å². The maximum Gasteiger partial charge on any atom is 0.304 e. The normalized spacial score (nSPS) is 17.3. The van der Waals surface area contributed by atoms with Crippen LogP contribution in [0.25, 0.3) is 10.3 Å².